The number of halogens is 2. The first-order valence-electron chi connectivity index (χ1n) is 11.7. The summed E-state index contributed by atoms with van der Waals surface area (Å²) in [5.41, 5.74) is 3.23. The first kappa shape index (κ1) is 23.1. The van der Waals surface area contributed by atoms with E-state index < -0.39 is 11.6 Å². The molecule has 1 aliphatic heterocycles. The van der Waals surface area contributed by atoms with Gasteiger partial charge in [-0.25, -0.2) is 8.78 Å². The minimum atomic E-state index is -0.636. The number of aromatic nitrogens is 1. The number of rotatable bonds is 6. The van der Waals surface area contributed by atoms with Crippen molar-refractivity contribution in [2.75, 3.05) is 32.7 Å². The van der Waals surface area contributed by atoms with Crippen molar-refractivity contribution >= 4 is 23.1 Å². The number of amides is 1. The van der Waals surface area contributed by atoms with Crippen LogP contribution in [0.4, 0.5) is 8.78 Å². The van der Waals surface area contributed by atoms with E-state index in [-0.39, 0.29) is 12.5 Å². The molecule has 5 nitrogen and oxygen atoms in total. The van der Waals surface area contributed by atoms with Crippen LogP contribution in [0.25, 0.3) is 17.2 Å². The van der Waals surface area contributed by atoms with Gasteiger partial charge in [0.25, 0.3) is 5.91 Å². The predicted octanol–water partition coefficient (Wildman–Crippen LogP) is 5.34. The van der Waals surface area contributed by atoms with Gasteiger partial charge in [-0.2, -0.15) is 0 Å². The minimum Gasteiger partial charge on any atom is -0.460 e. The molecule has 0 spiro atoms. The van der Waals surface area contributed by atoms with Gasteiger partial charge in [0.15, 0.2) is 5.58 Å². The number of benzene rings is 2. The zero-order valence-electron chi connectivity index (χ0n) is 19.6. The molecule has 1 amide bonds. The van der Waals surface area contributed by atoms with E-state index in [1.54, 1.807) is 10.6 Å². The zero-order valence-corrected chi connectivity index (χ0v) is 19.6. The second-order valence-electron chi connectivity index (χ2n) is 8.86. The van der Waals surface area contributed by atoms with Crippen LogP contribution in [-0.4, -0.2) is 53.0 Å². The summed E-state index contributed by atoms with van der Waals surface area (Å²) in [6.45, 7) is 5.52. The van der Waals surface area contributed by atoms with Gasteiger partial charge in [-0.1, -0.05) is 48.6 Å². The van der Waals surface area contributed by atoms with E-state index in [0.717, 1.165) is 31.2 Å². The fraction of sp³-hybridized carbons (Fsp3) is 0.250. The third-order valence-corrected chi connectivity index (χ3v) is 6.41. The van der Waals surface area contributed by atoms with E-state index in [2.05, 4.69) is 29.2 Å². The molecule has 1 aliphatic rings. The van der Waals surface area contributed by atoms with Crippen LogP contribution in [0.1, 0.15) is 27.4 Å². The number of nitrogens with zero attached hydrogens (tertiary/aromatic N) is 3. The smallest absolute Gasteiger partial charge is 0.270 e. The number of piperazine rings is 1. The number of hydrogen-bond donors (Lipinski definition) is 0. The number of aryl methyl sites for hydroxylation is 1. The van der Waals surface area contributed by atoms with Crippen molar-refractivity contribution in [3.8, 4) is 0 Å². The molecule has 3 heterocycles. The Balaban J connectivity index is 1.30. The van der Waals surface area contributed by atoms with Crippen LogP contribution < -0.4 is 0 Å². The molecule has 4 aromatic rings. The topological polar surface area (TPSA) is 41.6 Å². The van der Waals surface area contributed by atoms with Gasteiger partial charge in [-0.3, -0.25) is 9.69 Å². The predicted molar refractivity (Wildman–Crippen MR) is 132 cm³/mol. The van der Waals surface area contributed by atoms with Gasteiger partial charge in [-0.05, 0) is 18.6 Å². The largest absolute Gasteiger partial charge is 0.460 e. The van der Waals surface area contributed by atoms with E-state index in [1.807, 2.05) is 36.1 Å². The maximum absolute atomic E-state index is 14.4. The molecule has 5 rings (SSSR count). The van der Waals surface area contributed by atoms with Crippen molar-refractivity contribution in [1.82, 2.24) is 14.4 Å². The lowest BCUT2D eigenvalue weighted by atomic mass is 10.2. The number of furan rings is 1. The molecule has 0 saturated carbocycles. The molecule has 0 atom stereocenters. The van der Waals surface area contributed by atoms with Crippen molar-refractivity contribution in [2.45, 2.75) is 13.5 Å². The molecule has 2 aromatic carbocycles. The monoisotopic (exact) mass is 475 g/mol. The molecule has 180 valence electrons. The molecular weight excluding hydrogens is 448 g/mol. The van der Waals surface area contributed by atoms with Crippen molar-refractivity contribution in [3.05, 3.63) is 101 Å². The Morgan fingerprint density at radius 1 is 1.00 bits per heavy atom. The molecule has 0 bridgehead atoms. The van der Waals surface area contributed by atoms with E-state index in [9.17, 15) is 13.6 Å². The Labute approximate surface area is 202 Å². The number of carbonyl (C=O) groups is 1. The summed E-state index contributed by atoms with van der Waals surface area (Å²) in [4.78, 5) is 17.6. The average Bonchev–Trinajstić information content (AvgIpc) is 3.38. The van der Waals surface area contributed by atoms with Crippen LogP contribution in [0.2, 0.25) is 0 Å². The summed E-state index contributed by atoms with van der Waals surface area (Å²) in [6, 6.07) is 17.2. The third-order valence-electron chi connectivity index (χ3n) is 6.41. The number of hydrogen-bond acceptors (Lipinski definition) is 3. The number of carbonyl (C=O) groups excluding carboxylic acids is 1. The summed E-state index contributed by atoms with van der Waals surface area (Å²) in [5.74, 6) is -0.672. The van der Waals surface area contributed by atoms with Crippen LogP contribution in [0.3, 0.4) is 0 Å². The summed E-state index contributed by atoms with van der Waals surface area (Å²) >= 11 is 0. The standard InChI is InChI=1S/C28H27F2N3O2/c1-20-16-25-27(35-20)18-26(33(25)19-22-9-10-23(29)17-24(22)30)28(34)32-14-12-31(13-15-32)11-5-8-21-6-3-2-4-7-21/h2-10,16-18H,11-15,19H2,1H3/b8-5+. The first-order valence-corrected chi connectivity index (χ1v) is 11.7. The minimum absolute atomic E-state index is 0.111. The Morgan fingerprint density at radius 2 is 1.77 bits per heavy atom. The molecule has 1 fully saturated rings. The van der Waals surface area contributed by atoms with E-state index in [4.69, 9.17) is 4.42 Å². The maximum Gasteiger partial charge on any atom is 0.270 e. The Kier molecular flexibility index (Phi) is 6.51. The quantitative estimate of drug-likeness (QED) is 0.378. The first-order chi connectivity index (χ1) is 17.0. The summed E-state index contributed by atoms with van der Waals surface area (Å²) in [6.07, 6.45) is 4.25. The lowest BCUT2D eigenvalue weighted by Gasteiger charge is -2.34. The molecule has 35 heavy (non-hydrogen) atoms. The molecular formula is C28H27F2N3O2. The highest BCUT2D eigenvalue weighted by atomic mass is 19.1. The Hall–Kier alpha value is -3.71. The molecule has 2 aromatic heterocycles. The van der Waals surface area contributed by atoms with Crippen LogP contribution >= 0.6 is 0 Å². The molecule has 1 saturated heterocycles. The van der Waals surface area contributed by atoms with Gasteiger partial charge in [0.2, 0.25) is 0 Å². The van der Waals surface area contributed by atoms with E-state index >= 15 is 0 Å². The van der Waals surface area contributed by atoms with Gasteiger partial charge in [-0.15, -0.1) is 0 Å². The maximum atomic E-state index is 14.4. The zero-order chi connectivity index (χ0) is 24.4. The SMILES string of the molecule is Cc1cc2c(cc(C(=O)N3CCN(C/C=C/c4ccccc4)CC3)n2Cc2ccc(F)cc2F)o1. The Morgan fingerprint density at radius 3 is 2.51 bits per heavy atom. The van der Waals surface area contributed by atoms with Crippen molar-refractivity contribution < 1.29 is 18.0 Å². The van der Waals surface area contributed by atoms with E-state index in [1.165, 1.54) is 17.7 Å². The van der Waals surface area contributed by atoms with E-state index in [0.29, 0.717) is 35.7 Å². The lowest BCUT2D eigenvalue weighted by molar-refractivity contribution is 0.0640. The van der Waals surface area contributed by atoms with Crippen LogP contribution in [0.15, 0.2) is 71.2 Å². The summed E-state index contributed by atoms with van der Waals surface area (Å²) < 4.78 is 35.3. The fourth-order valence-electron chi connectivity index (χ4n) is 4.53. The Bertz CT molecular complexity index is 1370. The second-order valence-corrected chi connectivity index (χ2v) is 8.86. The average molecular weight is 476 g/mol. The van der Waals surface area contributed by atoms with Crippen molar-refractivity contribution in [1.29, 1.82) is 0 Å². The van der Waals surface area contributed by atoms with Crippen LogP contribution in [-0.2, 0) is 6.54 Å². The molecule has 0 unspecified atom stereocenters. The van der Waals surface area contributed by atoms with Gasteiger partial charge in [0.05, 0.1) is 12.1 Å². The highest BCUT2D eigenvalue weighted by molar-refractivity contribution is 5.97. The summed E-state index contributed by atoms with van der Waals surface area (Å²) in [7, 11) is 0. The van der Waals surface area contributed by atoms with Gasteiger partial charge in [0, 0.05) is 56.5 Å². The molecule has 0 radical (unpaired) electrons. The van der Waals surface area contributed by atoms with Gasteiger partial charge >= 0.3 is 0 Å². The molecule has 7 heteroatoms. The lowest BCUT2D eigenvalue weighted by Crippen LogP contribution is -2.49. The second kappa shape index (κ2) is 9.88. The highest BCUT2D eigenvalue weighted by Gasteiger charge is 2.26. The fourth-order valence-corrected chi connectivity index (χ4v) is 4.53. The normalized spacial score (nSPS) is 14.9. The molecule has 0 N–H and O–H groups in total. The molecule has 0 aliphatic carbocycles. The number of fused-ring (bicyclic) bond motifs is 1. The van der Waals surface area contributed by atoms with Gasteiger partial charge < -0.3 is 13.9 Å². The summed E-state index contributed by atoms with van der Waals surface area (Å²) in [5, 5.41) is 0. The van der Waals surface area contributed by atoms with Crippen molar-refractivity contribution in [2.24, 2.45) is 0 Å². The van der Waals surface area contributed by atoms with Crippen molar-refractivity contribution in [3.63, 3.8) is 0 Å². The van der Waals surface area contributed by atoms with Crippen LogP contribution in [0.5, 0.6) is 0 Å². The highest BCUT2D eigenvalue weighted by Crippen LogP contribution is 2.27. The van der Waals surface area contributed by atoms with Crippen LogP contribution in [0, 0.1) is 18.6 Å². The van der Waals surface area contributed by atoms with Gasteiger partial charge in [0.1, 0.15) is 23.1 Å². The third kappa shape index (κ3) is 5.05.